The van der Waals surface area contributed by atoms with Gasteiger partial charge < -0.3 is 5.32 Å². The smallest absolute Gasteiger partial charge is 0.0342 e. The second kappa shape index (κ2) is 6.20. The maximum Gasteiger partial charge on any atom is 0.0342 e. The van der Waals surface area contributed by atoms with Crippen molar-refractivity contribution in [3.05, 3.63) is 30.3 Å². The zero-order valence-electron chi connectivity index (χ0n) is 8.11. The molecule has 0 bridgehead atoms. The quantitative estimate of drug-likeness (QED) is 0.834. The second-order valence-corrected chi connectivity index (χ2v) is 4.62. The molecular weight excluding hydrogens is 214 g/mol. The number of thioether (sulfide) groups is 1. The predicted octanol–water partition coefficient (Wildman–Crippen LogP) is 3.42. The average Bonchev–Trinajstić information content (AvgIpc) is 2.21. The molecule has 0 radical (unpaired) electrons. The summed E-state index contributed by atoms with van der Waals surface area (Å²) in [5.74, 6) is 2.62. The maximum atomic E-state index is 3.57. The summed E-state index contributed by atoms with van der Waals surface area (Å²) in [6.07, 6.45) is 2.61. The van der Waals surface area contributed by atoms with Crippen LogP contribution in [0.2, 0.25) is 0 Å². The molecule has 1 heterocycles. The van der Waals surface area contributed by atoms with Crippen LogP contribution in [0, 0.1) is 0 Å². The van der Waals surface area contributed by atoms with Gasteiger partial charge in [-0.15, -0.1) is 12.4 Å². The van der Waals surface area contributed by atoms with E-state index >= 15 is 0 Å². The Bertz CT molecular complexity index is 247. The molecule has 14 heavy (non-hydrogen) atoms. The van der Waals surface area contributed by atoms with Gasteiger partial charge in [0.2, 0.25) is 0 Å². The molecule has 0 atom stereocenters. The minimum atomic E-state index is 0. The van der Waals surface area contributed by atoms with E-state index in [2.05, 4.69) is 47.4 Å². The van der Waals surface area contributed by atoms with Gasteiger partial charge in [-0.1, -0.05) is 18.2 Å². The number of halogens is 1. The van der Waals surface area contributed by atoms with E-state index in [1.807, 2.05) is 0 Å². The fourth-order valence-corrected chi connectivity index (χ4v) is 2.72. The Labute approximate surface area is 96.1 Å². The van der Waals surface area contributed by atoms with Crippen molar-refractivity contribution in [2.45, 2.75) is 18.9 Å². The van der Waals surface area contributed by atoms with Crippen LogP contribution < -0.4 is 5.32 Å². The van der Waals surface area contributed by atoms with E-state index in [-0.39, 0.29) is 12.4 Å². The standard InChI is InChI=1S/C11H15NS.ClH/c1-2-4-10(5-3-1)12-11-6-8-13-9-7-11;/h1-5,11-12H,6-9H2;1H. The summed E-state index contributed by atoms with van der Waals surface area (Å²) >= 11 is 2.07. The molecule has 1 fully saturated rings. The lowest BCUT2D eigenvalue weighted by Gasteiger charge is -2.23. The van der Waals surface area contributed by atoms with Crippen molar-refractivity contribution >= 4 is 29.9 Å². The van der Waals surface area contributed by atoms with E-state index in [4.69, 9.17) is 0 Å². The maximum absolute atomic E-state index is 3.57. The molecule has 1 aliphatic rings. The van der Waals surface area contributed by atoms with Crippen LogP contribution in [0.4, 0.5) is 5.69 Å². The third-order valence-corrected chi connectivity index (χ3v) is 3.41. The van der Waals surface area contributed by atoms with Crippen LogP contribution in [-0.2, 0) is 0 Å². The van der Waals surface area contributed by atoms with Crippen LogP contribution in [0.3, 0.4) is 0 Å². The minimum absolute atomic E-state index is 0. The third kappa shape index (κ3) is 3.43. The van der Waals surface area contributed by atoms with Gasteiger partial charge in [-0.25, -0.2) is 0 Å². The molecule has 1 saturated heterocycles. The highest BCUT2D eigenvalue weighted by molar-refractivity contribution is 7.99. The molecular formula is C11H16ClNS. The molecule has 0 spiro atoms. The summed E-state index contributed by atoms with van der Waals surface area (Å²) in [5.41, 5.74) is 1.26. The Kier molecular flexibility index (Phi) is 5.20. The van der Waals surface area contributed by atoms with Crippen LogP contribution in [0.5, 0.6) is 0 Å². The first-order valence-electron chi connectivity index (χ1n) is 4.84. The van der Waals surface area contributed by atoms with E-state index in [1.165, 1.54) is 30.0 Å². The molecule has 2 rings (SSSR count). The molecule has 1 nitrogen and oxygen atoms in total. The van der Waals surface area contributed by atoms with Crippen molar-refractivity contribution in [3.8, 4) is 0 Å². The molecule has 1 aliphatic heterocycles. The first-order valence-corrected chi connectivity index (χ1v) is 6.00. The third-order valence-electron chi connectivity index (χ3n) is 2.37. The van der Waals surface area contributed by atoms with E-state index in [1.54, 1.807) is 0 Å². The van der Waals surface area contributed by atoms with Gasteiger partial charge in [0.15, 0.2) is 0 Å². The summed E-state index contributed by atoms with van der Waals surface area (Å²) in [6.45, 7) is 0. The number of anilines is 1. The molecule has 0 aromatic heterocycles. The van der Waals surface area contributed by atoms with E-state index in [9.17, 15) is 0 Å². The van der Waals surface area contributed by atoms with Crippen LogP contribution in [0.25, 0.3) is 0 Å². The second-order valence-electron chi connectivity index (χ2n) is 3.40. The highest BCUT2D eigenvalue weighted by Crippen LogP contribution is 2.20. The summed E-state index contributed by atoms with van der Waals surface area (Å²) in [7, 11) is 0. The van der Waals surface area contributed by atoms with Gasteiger partial charge in [-0.3, -0.25) is 0 Å². The van der Waals surface area contributed by atoms with Crippen molar-refractivity contribution in [1.29, 1.82) is 0 Å². The number of benzene rings is 1. The highest BCUT2D eigenvalue weighted by atomic mass is 35.5. The predicted molar refractivity (Wildman–Crippen MR) is 67.7 cm³/mol. The zero-order valence-corrected chi connectivity index (χ0v) is 9.74. The van der Waals surface area contributed by atoms with Gasteiger partial charge in [-0.2, -0.15) is 11.8 Å². The Morgan fingerprint density at radius 3 is 2.36 bits per heavy atom. The van der Waals surface area contributed by atoms with E-state index in [0.29, 0.717) is 6.04 Å². The number of para-hydroxylation sites is 1. The van der Waals surface area contributed by atoms with Crippen molar-refractivity contribution < 1.29 is 0 Å². The summed E-state index contributed by atoms with van der Waals surface area (Å²) in [5, 5.41) is 3.57. The van der Waals surface area contributed by atoms with Crippen LogP contribution in [-0.4, -0.2) is 17.5 Å². The molecule has 78 valence electrons. The first-order chi connectivity index (χ1) is 6.45. The fourth-order valence-electron chi connectivity index (χ4n) is 1.61. The Morgan fingerprint density at radius 2 is 1.71 bits per heavy atom. The number of nitrogens with one attached hydrogen (secondary N) is 1. The average molecular weight is 230 g/mol. The Morgan fingerprint density at radius 1 is 1.07 bits per heavy atom. The fraction of sp³-hybridized carbons (Fsp3) is 0.455. The van der Waals surface area contributed by atoms with Crippen LogP contribution in [0.1, 0.15) is 12.8 Å². The summed E-state index contributed by atoms with van der Waals surface area (Å²) in [4.78, 5) is 0. The lowest BCUT2D eigenvalue weighted by atomic mass is 10.1. The topological polar surface area (TPSA) is 12.0 Å². The van der Waals surface area contributed by atoms with Crippen molar-refractivity contribution in [1.82, 2.24) is 0 Å². The molecule has 1 aromatic rings. The van der Waals surface area contributed by atoms with Gasteiger partial charge >= 0.3 is 0 Å². The molecule has 0 unspecified atom stereocenters. The number of hydrogen-bond acceptors (Lipinski definition) is 2. The largest absolute Gasteiger partial charge is 0.382 e. The number of hydrogen-bond donors (Lipinski definition) is 1. The van der Waals surface area contributed by atoms with Crippen molar-refractivity contribution in [3.63, 3.8) is 0 Å². The van der Waals surface area contributed by atoms with E-state index in [0.717, 1.165) is 0 Å². The first kappa shape index (κ1) is 11.7. The lowest BCUT2D eigenvalue weighted by Crippen LogP contribution is -2.24. The lowest BCUT2D eigenvalue weighted by molar-refractivity contribution is 0.667. The molecule has 0 saturated carbocycles. The van der Waals surface area contributed by atoms with Gasteiger partial charge in [0.1, 0.15) is 0 Å². The zero-order chi connectivity index (χ0) is 8.93. The molecule has 1 aromatic carbocycles. The summed E-state index contributed by atoms with van der Waals surface area (Å²) in [6, 6.07) is 11.2. The highest BCUT2D eigenvalue weighted by Gasteiger charge is 2.12. The number of rotatable bonds is 2. The van der Waals surface area contributed by atoms with Gasteiger partial charge in [0, 0.05) is 11.7 Å². The SMILES string of the molecule is Cl.c1ccc(NC2CCSCC2)cc1. The van der Waals surface area contributed by atoms with Gasteiger partial charge in [0.05, 0.1) is 0 Å². The van der Waals surface area contributed by atoms with Crippen LogP contribution in [0.15, 0.2) is 30.3 Å². The molecule has 1 N–H and O–H groups in total. The van der Waals surface area contributed by atoms with Gasteiger partial charge in [0.25, 0.3) is 0 Å². The monoisotopic (exact) mass is 229 g/mol. The van der Waals surface area contributed by atoms with Crippen molar-refractivity contribution in [2.75, 3.05) is 16.8 Å². The normalized spacial score (nSPS) is 17.1. The minimum Gasteiger partial charge on any atom is -0.382 e. The van der Waals surface area contributed by atoms with Crippen molar-refractivity contribution in [2.24, 2.45) is 0 Å². The van der Waals surface area contributed by atoms with Gasteiger partial charge in [-0.05, 0) is 36.5 Å². The molecule has 0 aliphatic carbocycles. The molecule has 0 amide bonds. The summed E-state index contributed by atoms with van der Waals surface area (Å²) < 4.78 is 0. The Hall–Kier alpha value is -0.340. The van der Waals surface area contributed by atoms with Crippen LogP contribution >= 0.6 is 24.2 Å². The van der Waals surface area contributed by atoms with E-state index < -0.39 is 0 Å². The Balaban J connectivity index is 0.000000980. The molecule has 3 heteroatoms.